The lowest BCUT2D eigenvalue weighted by molar-refractivity contribution is -0.274. The molecule has 0 aromatic heterocycles. The number of phenols is 1. The van der Waals surface area contributed by atoms with E-state index in [1.807, 2.05) is 38.1 Å². The molecule has 2 heterocycles. The summed E-state index contributed by atoms with van der Waals surface area (Å²) in [6, 6.07) is 18.8. The van der Waals surface area contributed by atoms with Gasteiger partial charge in [-0.3, -0.25) is 14.5 Å². The number of carbonyl (C=O) groups excluding carboxylic acids is 2. The first kappa shape index (κ1) is 34.9. The number of aromatic hydroxyl groups is 1. The number of piperidine rings is 1. The lowest BCUT2D eigenvalue weighted by Crippen LogP contribution is -2.79. The molecule has 4 aliphatic rings. The van der Waals surface area contributed by atoms with Crippen molar-refractivity contribution in [2.75, 3.05) is 19.6 Å². The Morgan fingerprint density at radius 2 is 1.88 bits per heavy atom. The second-order valence-corrected chi connectivity index (χ2v) is 14.6. The molecule has 7 rings (SSSR count). The number of benzene rings is 3. The van der Waals surface area contributed by atoms with Crippen LogP contribution in [0.2, 0.25) is 0 Å². The number of hydrogen-bond donors (Lipinski definition) is 1. The van der Waals surface area contributed by atoms with Gasteiger partial charge >= 0.3 is 12.3 Å². The van der Waals surface area contributed by atoms with Crippen LogP contribution in [0.5, 0.6) is 17.2 Å². The average molecular weight is 705 g/mol. The van der Waals surface area contributed by atoms with E-state index in [1.165, 1.54) is 42.8 Å². The van der Waals surface area contributed by atoms with E-state index < -0.39 is 29.5 Å². The zero-order valence-electron chi connectivity index (χ0n) is 29.0. The monoisotopic (exact) mass is 704 g/mol. The number of carbonyl (C=O) groups is 2. The Hall–Kier alpha value is -4.51. The Kier molecular flexibility index (Phi) is 9.06. The van der Waals surface area contributed by atoms with Crippen LogP contribution in [0.25, 0.3) is 6.08 Å². The molecule has 51 heavy (non-hydrogen) atoms. The predicted octanol–water partition coefficient (Wildman–Crippen LogP) is 6.83. The third-order valence-corrected chi connectivity index (χ3v) is 11.1. The van der Waals surface area contributed by atoms with Crippen molar-refractivity contribution in [3.63, 3.8) is 0 Å². The van der Waals surface area contributed by atoms with E-state index in [0.717, 1.165) is 30.6 Å². The molecule has 5 atom stereocenters. The van der Waals surface area contributed by atoms with Gasteiger partial charge in [-0.05, 0) is 85.5 Å². The Bertz CT molecular complexity index is 1830. The minimum atomic E-state index is -4.84. The molecule has 1 N–H and O–H groups in total. The molecule has 2 aliphatic carbocycles. The standard InChI is InChI=1S/C40H43F3N2O6/c1-25(2)24-45(34(48)15-12-28-10-7-11-30(22-28)51-40(41,42)43)31-16-18-39(50-26(3)46)33-23-29-13-14-32(47)36-35(29)38(39,37(31)49-36)19-21-44(33)20-17-27-8-5-4-6-9-27/h4-15,22,25,31,33,37,47H,16-21,23-24H2,1-3H3/b15-12+/t31?,33-,37?,38+,39-/m1/s1. The van der Waals surface area contributed by atoms with Crippen molar-refractivity contribution < 1.29 is 42.1 Å². The zero-order valence-corrected chi connectivity index (χ0v) is 29.0. The molecule has 2 aliphatic heterocycles. The van der Waals surface area contributed by atoms with Crippen molar-refractivity contribution in [1.82, 2.24) is 9.80 Å². The smallest absolute Gasteiger partial charge is 0.504 e. The van der Waals surface area contributed by atoms with Crippen LogP contribution in [0.3, 0.4) is 0 Å². The molecular weight excluding hydrogens is 661 g/mol. The largest absolute Gasteiger partial charge is 0.573 e. The number of rotatable bonds is 10. The van der Waals surface area contributed by atoms with Gasteiger partial charge in [0.25, 0.3) is 0 Å². The maximum absolute atomic E-state index is 14.2. The first-order valence-corrected chi connectivity index (χ1v) is 17.7. The van der Waals surface area contributed by atoms with Gasteiger partial charge in [-0.15, -0.1) is 13.2 Å². The summed E-state index contributed by atoms with van der Waals surface area (Å²) >= 11 is 0. The van der Waals surface area contributed by atoms with E-state index in [4.69, 9.17) is 9.47 Å². The maximum Gasteiger partial charge on any atom is 0.573 e. The fourth-order valence-corrected chi connectivity index (χ4v) is 9.40. The van der Waals surface area contributed by atoms with E-state index >= 15 is 0 Å². The van der Waals surface area contributed by atoms with E-state index in [1.54, 1.807) is 17.0 Å². The van der Waals surface area contributed by atoms with Gasteiger partial charge < -0.3 is 24.2 Å². The molecule has 1 saturated carbocycles. The van der Waals surface area contributed by atoms with Crippen LogP contribution in [0.15, 0.2) is 72.8 Å². The second kappa shape index (κ2) is 13.2. The minimum Gasteiger partial charge on any atom is -0.504 e. The molecule has 2 unspecified atom stereocenters. The quantitative estimate of drug-likeness (QED) is 0.183. The van der Waals surface area contributed by atoms with Gasteiger partial charge in [0.15, 0.2) is 11.5 Å². The Morgan fingerprint density at radius 3 is 2.61 bits per heavy atom. The third kappa shape index (κ3) is 6.23. The zero-order chi connectivity index (χ0) is 36.1. The summed E-state index contributed by atoms with van der Waals surface area (Å²) in [6.45, 7) is 7.37. The Morgan fingerprint density at radius 1 is 1.10 bits per heavy atom. The van der Waals surface area contributed by atoms with Crippen LogP contribution < -0.4 is 9.47 Å². The van der Waals surface area contributed by atoms with Gasteiger partial charge in [0.05, 0.1) is 17.5 Å². The van der Waals surface area contributed by atoms with E-state index in [2.05, 4.69) is 21.8 Å². The summed E-state index contributed by atoms with van der Waals surface area (Å²) in [5, 5.41) is 11.2. The number of alkyl halides is 3. The molecule has 3 aromatic rings. The fraction of sp³-hybridized carbons (Fsp3) is 0.450. The van der Waals surface area contributed by atoms with Crippen molar-refractivity contribution in [3.05, 3.63) is 95.1 Å². The van der Waals surface area contributed by atoms with Crippen molar-refractivity contribution in [2.24, 2.45) is 5.92 Å². The van der Waals surface area contributed by atoms with Crippen LogP contribution in [-0.4, -0.2) is 76.6 Å². The number of ether oxygens (including phenoxy) is 3. The molecule has 11 heteroatoms. The maximum atomic E-state index is 14.2. The third-order valence-electron chi connectivity index (χ3n) is 11.1. The molecule has 2 fully saturated rings. The van der Waals surface area contributed by atoms with Gasteiger partial charge in [-0.2, -0.15) is 0 Å². The van der Waals surface area contributed by atoms with Crippen molar-refractivity contribution in [3.8, 4) is 17.2 Å². The predicted molar refractivity (Wildman–Crippen MR) is 184 cm³/mol. The number of likely N-dealkylation sites (tertiary alicyclic amines) is 1. The highest BCUT2D eigenvalue weighted by molar-refractivity contribution is 5.92. The van der Waals surface area contributed by atoms with Crippen LogP contribution in [0.1, 0.15) is 62.3 Å². The van der Waals surface area contributed by atoms with Gasteiger partial charge in [0.2, 0.25) is 5.91 Å². The topological polar surface area (TPSA) is 88.5 Å². The summed E-state index contributed by atoms with van der Waals surface area (Å²) in [5.41, 5.74) is 1.76. The van der Waals surface area contributed by atoms with Crippen molar-refractivity contribution >= 4 is 18.0 Å². The van der Waals surface area contributed by atoms with Crippen LogP contribution in [-0.2, 0) is 32.6 Å². The van der Waals surface area contributed by atoms with Gasteiger partial charge in [-0.25, -0.2) is 0 Å². The summed E-state index contributed by atoms with van der Waals surface area (Å²) in [5.74, 6) is -0.585. The highest BCUT2D eigenvalue weighted by atomic mass is 19.4. The number of nitrogens with zero attached hydrogens (tertiary/aromatic N) is 2. The summed E-state index contributed by atoms with van der Waals surface area (Å²) in [7, 11) is 0. The first-order valence-electron chi connectivity index (χ1n) is 17.7. The Labute approximate surface area is 295 Å². The van der Waals surface area contributed by atoms with Gasteiger partial charge in [0.1, 0.15) is 17.5 Å². The average Bonchev–Trinajstić information content (AvgIpc) is 3.42. The van der Waals surface area contributed by atoms with E-state index in [0.29, 0.717) is 43.5 Å². The molecule has 0 radical (unpaired) electrons. The fourth-order valence-electron chi connectivity index (χ4n) is 9.40. The number of esters is 1. The first-order chi connectivity index (χ1) is 24.3. The summed E-state index contributed by atoms with van der Waals surface area (Å²) in [6.07, 6.45) is 0.437. The number of phenolic OH excluding ortho intramolecular Hbond substituents is 1. The number of halogens is 3. The van der Waals surface area contributed by atoms with Crippen molar-refractivity contribution in [2.45, 2.75) is 88.4 Å². The molecule has 2 bridgehead atoms. The van der Waals surface area contributed by atoms with Crippen LogP contribution >= 0.6 is 0 Å². The van der Waals surface area contributed by atoms with Gasteiger partial charge in [0, 0.05) is 31.7 Å². The molecule has 1 amide bonds. The summed E-state index contributed by atoms with van der Waals surface area (Å²) in [4.78, 5) is 31.5. The number of amides is 1. The van der Waals surface area contributed by atoms with Crippen LogP contribution in [0.4, 0.5) is 13.2 Å². The number of hydrogen-bond acceptors (Lipinski definition) is 7. The molecule has 270 valence electrons. The molecule has 1 spiro atoms. The molecule has 3 aromatic carbocycles. The minimum absolute atomic E-state index is 0.0144. The highest BCUT2D eigenvalue weighted by Gasteiger charge is 2.75. The Balaban J connectivity index is 1.26. The van der Waals surface area contributed by atoms with E-state index in [-0.39, 0.29) is 35.3 Å². The highest BCUT2D eigenvalue weighted by Crippen LogP contribution is 2.67. The van der Waals surface area contributed by atoms with Gasteiger partial charge in [-0.1, -0.05) is 62.4 Å². The molecule has 1 saturated heterocycles. The summed E-state index contributed by atoms with van der Waals surface area (Å²) < 4.78 is 56.1. The van der Waals surface area contributed by atoms with Crippen LogP contribution in [0, 0.1) is 5.92 Å². The second-order valence-electron chi connectivity index (χ2n) is 14.6. The molecule has 8 nitrogen and oxygen atoms in total. The lowest BCUT2D eigenvalue weighted by atomic mass is 9.48. The normalized spacial score (nSPS) is 26.5. The SMILES string of the molecule is CC(=O)O[C@@]12CCC(N(CC(C)C)C(=O)/C=C/c3cccc(OC(F)(F)F)c3)C3Oc4c(O)ccc5c4[C@@]31CCN(CCc1ccccc1)[C@@H]2C5. The van der Waals surface area contributed by atoms with E-state index in [9.17, 15) is 27.9 Å². The van der Waals surface area contributed by atoms with Crippen molar-refractivity contribution in [1.29, 1.82) is 0 Å². The lowest BCUT2D eigenvalue weighted by Gasteiger charge is -2.65. The molecular formula is C40H43F3N2O6.